The van der Waals surface area contributed by atoms with Crippen molar-refractivity contribution in [3.63, 3.8) is 0 Å². The van der Waals surface area contributed by atoms with Crippen molar-refractivity contribution in [3.05, 3.63) is 0 Å². The van der Waals surface area contributed by atoms with E-state index in [1.165, 1.54) is 44.9 Å². The van der Waals surface area contributed by atoms with Gasteiger partial charge in [-0.1, -0.05) is 6.92 Å². The predicted molar refractivity (Wildman–Crippen MR) is 85.2 cm³/mol. The Bertz CT molecular complexity index is 365. The monoisotopic (exact) mass is 293 g/mol. The minimum Gasteiger partial charge on any atom is -0.342 e. The molecule has 1 saturated carbocycles. The number of nitrogens with one attached hydrogen (secondary N) is 1. The quantitative estimate of drug-likeness (QED) is 0.862. The van der Waals surface area contributed by atoms with Crippen LogP contribution in [0.5, 0.6) is 0 Å². The number of amides is 1. The maximum atomic E-state index is 12.6. The molecule has 3 fully saturated rings. The second-order valence-electron chi connectivity index (χ2n) is 7.58. The first kappa shape index (κ1) is 15.3. The highest BCUT2D eigenvalue weighted by atomic mass is 16.2. The molecule has 0 aromatic rings. The van der Waals surface area contributed by atoms with E-state index in [1.807, 2.05) is 11.9 Å². The average Bonchev–Trinajstić information content (AvgIpc) is 2.81. The minimum atomic E-state index is 0.326. The summed E-state index contributed by atoms with van der Waals surface area (Å²) in [5.41, 5.74) is 0. The summed E-state index contributed by atoms with van der Waals surface area (Å²) in [6.45, 7) is 5.08. The Morgan fingerprint density at radius 1 is 1.10 bits per heavy atom. The Balaban J connectivity index is 1.48. The molecule has 2 atom stereocenters. The number of hydrogen-bond donors (Lipinski definition) is 1. The maximum Gasteiger partial charge on any atom is 0.236 e. The van der Waals surface area contributed by atoms with Crippen molar-refractivity contribution >= 4 is 5.91 Å². The highest BCUT2D eigenvalue weighted by Crippen LogP contribution is 2.27. The Hall–Kier alpha value is -0.610. The largest absolute Gasteiger partial charge is 0.342 e. The summed E-state index contributed by atoms with van der Waals surface area (Å²) < 4.78 is 0. The van der Waals surface area contributed by atoms with E-state index in [4.69, 9.17) is 0 Å². The van der Waals surface area contributed by atoms with Crippen LogP contribution in [0.3, 0.4) is 0 Å². The van der Waals surface area contributed by atoms with E-state index in [1.54, 1.807) is 0 Å². The van der Waals surface area contributed by atoms with Crippen LogP contribution in [0.2, 0.25) is 0 Å². The number of likely N-dealkylation sites (N-methyl/N-ethyl adjacent to an activating group) is 1. The number of fused-ring (bicyclic) bond motifs is 2. The van der Waals surface area contributed by atoms with Gasteiger partial charge in [-0.3, -0.25) is 9.69 Å². The number of hydrogen-bond acceptors (Lipinski definition) is 3. The molecule has 3 rings (SSSR count). The molecule has 0 aromatic heterocycles. The Labute approximate surface area is 129 Å². The van der Waals surface area contributed by atoms with Crippen LogP contribution in [0.1, 0.15) is 51.9 Å². The van der Waals surface area contributed by atoms with Crippen molar-refractivity contribution in [2.75, 3.05) is 26.7 Å². The first-order chi connectivity index (χ1) is 10.1. The van der Waals surface area contributed by atoms with Gasteiger partial charge in [0.1, 0.15) is 0 Å². The molecule has 120 valence electrons. The molecule has 1 N–H and O–H groups in total. The van der Waals surface area contributed by atoms with Crippen molar-refractivity contribution < 1.29 is 4.79 Å². The van der Waals surface area contributed by atoms with Crippen LogP contribution in [0.4, 0.5) is 0 Å². The van der Waals surface area contributed by atoms with Gasteiger partial charge in [-0.15, -0.1) is 0 Å². The fraction of sp³-hybridized carbons (Fsp3) is 0.941. The lowest BCUT2D eigenvalue weighted by Gasteiger charge is -2.35. The van der Waals surface area contributed by atoms with E-state index in [0.717, 1.165) is 19.0 Å². The molecule has 21 heavy (non-hydrogen) atoms. The second kappa shape index (κ2) is 6.66. The molecule has 2 unspecified atom stereocenters. The van der Waals surface area contributed by atoms with Gasteiger partial charge in [0.2, 0.25) is 5.91 Å². The standard InChI is InChI=1S/C17H31N3O/c1-13-3-7-16(8-4-13)19(2)17(21)12-20-10-9-14-5-6-15(11-20)18-14/h13-16,18H,3-12H2,1-2H3. The Morgan fingerprint density at radius 2 is 1.81 bits per heavy atom. The van der Waals surface area contributed by atoms with E-state index < -0.39 is 0 Å². The molecule has 4 heteroatoms. The molecule has 3 aliphatic rings. The summed E-state index contributed by atoms with van der Waals surface area (Å²) in [5.74, 6) is 1.17. The lowest BCUT2D eigenvalue weighted by molar-refractivity contribution is -0.134. The van der Waals surface area contributed by atoms with Gasteiger partial charge in [0.05, 0.1) is 6.54 Å². The van der Waals surface area contributed by atoms with E-state index in [-0.39, 0.29) is 0 Å². The van der Waals surface area contributed by atoms with Crippen molar-refractivity contribution in [1.82, 2.24) is 15.1 Å². The van der Waals surface area contributed by atoms with Crippen molar-refractivity contribution in [2.45, 2.75) is 70.0 Å². The molecule has 2 aliphatic heterocycles. The van der Waals surface area contributed by atoms with Crippen molar-refractivity contribution in [2.24, 2.45) is 5.92 Å². The number of likely N-dealkylation sites (tertiary alicyclic amines) is 1. The molecule has 0 aromatic carbocycles. The molecule has 2 saturated heterocycles. The van der Waals surface area contributed by atoms with Crippen LogP contribution in [0, 0.1) is 5.92 Å². The SMILES string of the molecule is CC1CCC(N(C)C(=O)CN2CCC3CCC(C2)N3)CC1. The third-order valence-corrected chi connectivity index (χ3v) is 5.89. The fourth-order valence-electron chi connectivity index (χ4n) is 4.30. The zero-order valence-electron chi connectivity index (χ0n) is 13.7. The highest BCUT2D eigenvalue weighted by Gasteiger charge is 2.31. The minimum absolute atomic E-state index is 0.326. The third kappa shape index (κ3) is 3.78. The summed E-state index contributed by atoms with van der Waals surface area (Å²) in [5, 5.41) is 3.69. The molecule has 0 spiro atoms. The molecule has 2 heterocycles. The molecule has 1 aliphatic carbocycles. The zero-order chi connectivity index (χ0) is 14.8. The van der Waals surface area contributed by atoms with Crippen LogP contribution in [0.25, 0.3) is 0 Å². The maximum absolute atomic E-state index is 12.6. The van der Waals surface area contributed by atoms with Gasteiger partial charge in [-0.25, -0.2) is 0 Å². The van der Waals surface area contributed by atoms with E-state index in [9.17, 15) is 4.79 Å². The van der Waals surface area contributed by atoms with Crippen LogP contribution in [-0.2, 0) is 4.79 Å². The van der Waals surface area contributed by atoms with Gasteiger partial charge >= 0.3 is 0 Å². The van der Waals surface area contributed by atoms with Crippen LogP contribution < -0.4 is 5.32 Å². The topological polar surface area (TPSA) is 35.6 Å². The Morgan fingerprint density at radius 3 is 2.57 bits per heavy atom. The number of carbonyl (C=O) groups is 1. The number of carbonyl (C=O) groups excluding carboxylic acids is 1. The first-order valence-corrected chi connectivity index (χ1v) is 8.86. The highest BCUT2D eigenvalue weighted by molar-refractivity contribution is 5.78. The lowest BCUT2D eigenvalue weighted by Crippen LogP contribution is -2.46. The van der Waals surface area contributed by atoms with Crippen LogP contribution in [0.15, 0.2) is 0 Å². The average molecular weight is 293 g/mol. The summed E-state index contributed by atoms with van der Waals surface area (Å²) in [6.07, 6.45) is 8.75. The first-order valence-electron chi connectivity index (χ1n) is 8.86. The van der Waals surface area contributed by atoms with Crippen LogP contribution in [-0.4, -0.2) is 60.5 Å². The van der Waals surface area contributed by atoms with Gasteiger partial charge < -0.3 is 10.2 Å². The van der Waals surface area contributed by atoms with Gasteiger partial charge in [0.15, 0.2) is 0 Å². The number of rotatable bonds is 3. The summed E-state index contributed by atoms with van der Waals surface area (Å²) in [6, 6.07) is 1.80. The molecule has 2 bridgehead atoms. The van der Waals surface area contributed by atoms with E-state index in [2.05, 4.69) is 17.1 Å². The van der Waals surface area contributed by atoms with Crippen LogP contribution >= 0.6 is 0 Å². The molecule has 1 amide bonds. The molecule has 0 radical (unpaired) electrons. The third-order valence-electron chi connectivity index (χ3n) is 5.89. The molecular formula is C17H31N3O. The Kier molecular flexibility index (Phi) is 4.85. The van der Waals surface area contributed by atoms with E-state index >= 15 is 0 Å². The lowest BCUT2D eigenvalue weighted by atomic mass is 9.87. The zero-order valence-corrected chi connectivity index (χ0v) is 13.7. The van der Waals surface area contributed by atoms with Gasteiger partial charge in [-0.2, -0.15) is 0 Å². The summed E-state index contributed by atoms with van der Waals surface area (Å²) in [7, 11) is 2.02. The normalized spacial score (nSPS) is 37.2. The summed E-state index contributed by atoms with van der Waals surface area (Å²) >= 11 is 0. The fourth-order valence-corrected chi connectivity index (χ4v) is 4.30. The number of nitrogens with zero attached hydrogens (tertiary/aromatic N) is 2. The van der Waals surface area contributed by atoms with Gasteiger partial charge in [-0.05, 0) is 50.9 Å². The van der Waals surface area contributed by atoms with Crippen molar-refractivity contribution in [1.29, 1.82) is 0 Å². The molecular weight excluding hydrogens is 262 g/mol. The second-order valence-corrected chi connectivity index (χ2v) is 7.58. The van der Waals surface area contributed by atoms with E-state index in [0.29, 0.717) is 30.6 Å². The van der Waals surface area contributed by atoms with Gasteiger partial charge in [0.25, 0.3) is 0 Å². The summed E-state index contributed by atoms with van der Waals surface area (Å²) in [4.78, 5) is 17.0. The van der Waals surface area contributed by atoms with Gasteiger partial charge in [0, 0.05) is 38.3 Å². The smallest absolute Gasteiger partial charge is 0.236 e. The predicted octanol–water partition coefficient (Wildman–Crippen LogP) is 1.85. The van der Waals surface area contributed by atoms with Crippen molar-refractivity contribution in [3.8, 4) is 0 Å². The molecule has 4 nitrogen and oxygen atoms in total.